The third-order valence-corrected chi connectivity index (χ3v) is 7.38. The molecule has 1 N–H and O–H groups in total. The number of aromatic nitrogens is 2. The lowest BCUT2D eigenvalue weighted by Gasteiger charge is -2.35. The van der Waals surface area contributed by atoms with Crippen molar-refractivity contribution in [3.8, 4) is 0 Å². The van der Waals surface area contributed by atoms with Gasteiger partial charge in [0, 0.05) is 22.4 Å². The number of aryl methyl sites for hydroxylation is 3. The van der Waals surface area contributed by atoms with Gasteiger partial charge in [-0.25, -0.2) is 0 Å². The van der Waals surface area contributed by atoms with Crippen LogP contribution in [0.5, 0.6) is 0 Å². The lowest BCUT2D eigenvalue weighted by molar-refractivity contribution is 0.591. The summed E-state index contributed by atoms with van der Waals surface area (Å²) < 4.78 is 1.95. The van der Waals surface area contributed by atoms with E-state index >= 15 is 0 Å². The lowest BCUT2D eigenvalue weighted by Crippen LogP contribution is -2.31. The van der Waals surface area contributed by atoms with Gasteiger partial charge in [0.05, 0.1) is 17.0 Å². The minimum atomic E-state index is -0.0381. The van der Waals surface area contributed by atoms with Crippen LogP contribution < -0.4 is 5.32 Å². The van der Waals surface area contributed by atoms with Crippen LogP contribution in [0.25, 0.3) is 0 Å². The molecule has 2 unspecified atom stereocenters. The number of nitrogens with one attached hydrogen (secondary N) is 1. The molecule has 3 aromatic rings. The quantitative estimate of drug-likeness (QED) is 0.524. The smallest absolute Gasteiger partial charge is 0.129 e. The van der Waals surface area contributed by atoms with Gasteiger partial charge in [-0.05, 0) is 56.5 Å². The molecule has 0 saturated heterocycles. The number of halogens is 1. The van der Waals surface area contributed by atoms with E-state index in [0.29, 0.717) is 0 Å². The van der Waals surface area contributed by atoms with Crippen LogP contribution in [0, 0.1) is 13.8 Å². The van der Waals surface area contributed by atoms with E-state index < -0.39 is 0 Å². The predicted octanol–water partition coefficient (Wildman–Crippen LogP) is 6.46. The van der Waals surface area contributed by atoms with E-state index in [0.717, 1.165) is 16.5 Å². The number of benzene rings is 2. The number of nitrogens with zero attached hydrogens (tertiary/aromatic N) is 2. The lowest BCUT2D eigenvalue weighted by atomic mass is 9.94. The molecule has 0 fully saturated rings. The molecule has 1 aromatic heterocycles. The third-order valence-electron chi connectivity index (χ3n) is 5.58. The average Bonchev–Trinajstić information content (AvgIpc) is 2.83. The first-order valence-corrected chi connectivity index (χ1v) is 10.8. The maximum atomic E-state index is 6.25. The largest absolute Gasteiger partial charge is 0.362 e. The van der Waals surface area contributed by atoms with E-state index in [-0.39, 0.29) is 16.0 Å². The first-order valence-electron chi connectivity index (χ1n) is 9.57. The zero-order valence-electron chi connectivity index (χ0n) is 17.0. The van der Waals surface area contributed by atoms with Crippen molar-refractivity contribution in [1.29, 1.82) is 0 Å². The molecular formula is C23H26ClN3S. The first-order chi connectivity index (χ1) is 13.3. The van der Waals surface area contributed by atoms with Crippen molar-refractivity contribution in [2.24, 2.45) is 7.05 Å². The first kappa shape index (κ1) is 19.4. The summed E-state index contributed by atoms with van der Waals surface area (Å²) >= 11 is 8.24. The molecule has 2 heterocycles. The van der Waals surface area contributed by atoms with Crippen molar-refractivity contribution in [2.75, 3.05) is 5.32 Å². The number of hydrogen-bond acceptors (Lipinski definition) is 3. The molecule has 4 rings (SSSR count). The summed E-state index contributed by atoms with van der Waals surface area (Å²) in [6, 6.07) is 17.1. The highest BCUT2D eigenvalue weighted by Crippen LogP contribution is 2.55. The zero-order chi connectivity index (χ0) is 20.1. The van der Waals surface area contributed by atoms with Crippen molar-refractivity contribution < 1.29 is 0 Å². The van der Waals surface area contributed by atoms with Crippen molar-refractivity contribution in [1.82, 2.24) is 9.78 Å². The predicted molar refractivity (Wildman–Crippen MR) is 120 cm³/mol. The Morgan fingerprint density at radius 3 is 2.50 bits per heavy atom. The minimum absolute atomic E-state index is 0.0381. The zero-order valence-corrected chi connectivity index (χ0v) is 18.5. The fourth-order valence-corrected chi connectivity index (χ4v) is 6.14. The summed E-state index contributed by atoms with van der Waals surface area (Å²) in [6.45, 7) is 8.91. The number of thioether (sulfide) groups is 1. The molecule has 0 radical (unpaired) electrons. The summed E-state index contributed by atoms with van der Waals surface area (Å²) in [5.74, 6) is 1.10. The summed E-state index contributed by atoms with van der Waals surface area (Å²) in [6.07, 6.45) is 0. The number of anilines is 1. The Morgan fingerprint density at radius 2 is 1.82 bits per heavy atom. The molecule has 0 bridgehead atoms. The Bertz CT molecular complexity index is 1010. The van der Waals surface area contributed by atoms with Crippen molar-refractivity contribution in [2.45, 2.75) is 43.7 Å². The van der Waals surface area contributed by atoms with Crippen LogP contribution in [0.15, 0.2) is 48.5 Å². The Kier molecular flexibility index (Phi) is 4.96. The summed E-state index contributed by atoms with van der Waals surface area (Å²) in [7, 11) is 2.02. The molecule has 0 aliphatic carbocycles. The van der Waals surface area contributed by atoms with E-state index in [1.54, 1.807) is 0 Å². The van der Waals surface area contributed by atoms with Gasteiger partial charge in [-0.3, -0.25) is 4.68 Å². The van der Waals surface area contributed by atoms with Gasteiger partial charge in [0.1, 0.15) is 5.82 Å². The monoisotopic (exact) mass is 411 g/mol. The Hall–Kier alpha value is -1.91. The summed E-state index contributed by atoms with van der Waals surface area (Å²) in [4.78, 5) is 0. The molecule has 1 aliphatic heterocycles. The van der Waals surface area contributed by atoms with Gasteiger partial charge >= 0.3 is 0 Å². The van der Waals surface area contributed by atoms with Gasteiger partial charge in [0.15, 0.2) is 0 Å². The van der Waals surface area contributed by atoms with E-state index in [2.05, 4.69) is 75.5 Å². The molecule has 5 heteroatoms. The molecule has 3 nitrogen and oxygen atoms in total. The molecule has 1 aliphatic rings. The second-order valence-corrected chi connectivity index (χ2v) is 10.3. The van der Waals surface area contributed by atoms with E-state index in [1.807, 2.05) is 29.6 Å². The van der Waals surface area contributed by atoms with Crippen LogP contribution in [-0.2, 0) is 7.05 Å². The summed E-state index contributed by atoms with van der Waals surface area (Å²) in [5, 5.41) is 9.56. The Balaban J connectivity index is 1.90. The molecule has 146 valence electrons. The number of rotatable bonds is 2. The van der Waals surface area contributed by atoms with Gasteiger partial charge in [-0.1, -0.05) is 48.0 Å². The van der Waals surface area contributed by atoms with Crippen LogP contribution in [0.2, 0.25) is 5.02 Å². The van der Waals surface area contributed by atoms with Crippen LogP contribution in [0.3, 0.4) is 0 Å². The second-order valence-electron chi connectivity index (χ2n) is 8.06. The number of hydrogen-bond donors (Lipinski definition) is 1. The number of fused-ring (bicyclic) bond motifs is 1. The van der Waals surface area contributed by atoms with Crippen LogP contribution in [0.4, 0.5) is 5.82 Å². The molecule has 0 spiro atoms. The molecule has 0 amide bonds. The Morgan fingerprint density at radius 1 is 1.11 bits per heavy atom. The summed E-state index contributed by atoms with van der Waals surface area (Å²) in [5.41, 5.74) is 6.15. The fourth-order valence-electron chi connectivity index (χ4n) is 4.18. The van der Waals surface area contributed by atoms with Crippen molar-refractivity contribution in [3.05, 3.63) is 81.5 Å². The van der Waals surface area contributed by atoms with Gasteiger partial charge in [-0.15, -0.1) is 11.8 Å². The van der Waals surface area contributed by atoms with Gasteiger partial charge in [0.25, 0.3) is 0 Å². The normalized spacial score (nSPS) is 20.9. The fraction of sp³-hybridized carbons (Fsp3) is 0.348. The van der Waals surface area contributed by atoms with Gasteiger partial charge < -0.3 is 5.32 Å². The van der Waals surface area contributed by atoms with E-state index in [4.69, 9.17) is 16.7 Å². The molecule has 2 aromatic carbocycles. The van der Waals surface area contributed by atoms with Crippen molar-refractivity contribution >= 4 is 29.2 Å². The van der Waals surface area contributed by atoms with Crippen LogP contribution in [0.1, 0.15) is 53.1 Å². The van der Waals surface area contributed by atoms with Gasteiger partial charge in [-0.2, -0.15) is 5.10 Å². The standard InChI is InChI=1S/C23H26ClN3S/c1-14-13-17(24)11-12-18(14)20-19-15(2)26-27(5)22(19)25-21(23(3,4)28-20)16-9-7-6-8-10-16/h6-13,20-21,25H,1-5H3. The molecule has 0 saturated carbocycles. The van der Waals surface area contributed by atoms with Crippen LogP contribution in [-0.4, -0.2) is 14.5 Å². The Labute approximate surface area is 176 Å². The highest BCUT2D eigenvalue weighted by molar-refractivity contribution is 8.01. The third kappa shape index (κ3) is 3.33. The maximum Gasteiger partial charge on any atom is 0.129 e. The molecule has 28 heavy (non-hydrogen) atoms. The van der Waals surface area contributed by atoms with E-state index in [9.17, 15) is 0 Å². The SMILES string of the molecule is Cc1cc(Cl)ccc1C1SC(C)(C)C(c2ccccc2)Nc2c1c(C)nn2C. The van der Waals surface area contributed by atoms with Crippen LogP contribution >= 0.6 is 23.4 Å². The second kappa shape index (κ2) is 7.16. The van der Waals surface area contributed by atoms with E-state index in [1.165, 1.54) is 22.3 Å². The van der Waals surface area contributed by atoms with Gasteiger partial charge in [0.2, 0.25) is 0 Å². The highest BCUT2D eigenvalue weighted by Gasteiger charge is 2.41. The van der Waals surface area contributed by atoms with Crippen molar-refractivity contribution in [3.63, 3.8) is 0 Å². The topological polar surface area (TPSA) is 29.9 Å². The molecular weight excluding hydrogens is 386 g/mol. The minimum Gasteiger partial charge on any atom is -0.362 e. The highest BCUT2D eigenvalue weighted by atomic mass is 35.5. The average molecular weight is 412 g/mol. The maximum absolute atomic E-state index is 6.25. The molecule has 2 atom stereocenters.